The largest absolute Gasteiger partial charge is 0.454 e. The number of aryl methyl sites for hydroxylation is 1. The number of rotatable bonds is 6. The second kappa shape index (κ2) is 6.04. The van der Waals surface area contributed by atoms with Gasteiger partial charge in [0.15, 0.2) is 11.5 Å². The van der Waals surface area contributed by atoms with Gasteiger partial charge in [0.2, 0.25) is 6.79 Å². The normalized spacial score (nSPS) is 14.8. The maximum Gasteiger partial charge on any atom is 0.231 e. The Bertz CT molecular complexity index is 409. The summed E-state index contributed by atoms with van der Waals surface area (Å²) in [6.45, 7) is 3.84. The summed E-state index contributed by atoms with van der Waals surface area (Å²) in [6.07, 6.45) is 0.903. The van der Waals surface area contributed by atoms with Gasteiger partial charge in [0.25, 0.3) is 0 Å². The highest BCUT2D eigenvalue weighted by Gasteiger charge is 2.15. The van der Waals surface area contributed by atoms with Gasteiger partial charge in [0.05, 0.1) is 6.61 Å². The molecule has 1 heterocycles. The number of fused-ring (bicyclic) bond motifs is 1. The maximum atomic E-state index is 8.81. The van der Waals surface area contributed by atoms with E-state index in [0.717, 1.165) is 24.5 Å². The van der Waals surface area contributed by atoms with Crippen LogP contribution in [0.15, 0.2) is 12.1 Å². The molecule has 1 aromatic carbocycles. The summed E-state index contributed by atoms with van der Waals surface area (Å²) in [5.74, 6) is 1.65. The molecule has 1 unspecified atom stereocenters. The Hall–Kier alpha value is -1.30. The summed E-state index contributed by atoms with van der Waals surface area (Å²) >= 11 is 0. The van der Waals surface area contributed by atoms with E-state index in [1.165, 1.54) is 11.1 Å². The highest BCUT2D eigenvalue weighted by Crippen LogP contribution is 2.34. The van der Waals surface area contributed by atoms with E-state index in [1.807, 2.05) is 12.1 Å². The molecule has 2 rings (SSSR count). The van der Waals surface area contributed by atoms with Crippen LogP contribution in [0.25, 0.3) is 0 Å². The predicted octanol–water partition coefficient (Wildman–Crippen LogP) is 0.175. The Morgan fingerprint density at radius 2 is 2.11 bits per heavy atom. The molecule has 0 radical (unpaired) electrons. The topological polar surface area (TPSA) is 76.7 Å². The van der Waals surface area contributed by atoms with Crippen molar-refractivity contribution in [1.29, 1.82) is 0 Å². The van der Waals surface area contributed by atoms with Gasteiger partial charge in [-0.2, -0.15) is 0 Å². The Kier molecular flexibility index (Phi) is 4.41. The molecule has 4 N–H and O–H groups in total. The molecule has 5 heteroatoms. The van der Waals surface area contributed by atoms with E-state index in [4.69, 9.17) is 20.3 Å². The van der Waals surface area contributed by atoms with Gasteiger partial charge in [-0.05, 0) is 43.1 Å². The minimum atomic E-state index is -0.192. The summed E-state index contributed by atoms with van der Waals surface area (Å²) in [5, 5.41) is 12.0. The molecule has 100 valence electrons. The lowest BCUT2D eigenvalue weighted by atomic mass is 10.0. The van der Waals surface area contributed by atoms with E-state index in [-0.39, 0.29) is 12.6 Å². The Morgan fingerprint density at radius 1 is 1.39 bits per heavy atom. The van der Waals surface area contributed by atoms with Crippen LogP contribution in [-0.4, -0.2) is 37.6 Å². The number of hydrogen-bond acceptors (Lipinski definition) is 5. The number of aliphatic hydroxyl groups excluding tert-OH is 1. The maximum absolute atomic E-state index is 8.81. The number of hydrogen-bond donors (Lipinski definition) is 3. The third kappa shape index (κ3) is 3.13. The Morgan fingerprint density at radius 3 is 2.83 bits per heavy atom. The van der Waals surface area contributed by atoms with Crippen molar-refractivity contribution in [2.45, 2.75) is 19.4 Å². The van der Waals surface area contributed by atoms with Crippen LogP contribution >= 0.6 is 0 Å². The summed E-state index contributed by atoms with van der Waals surface area (Å²) in [7, 11) is 0. The van der Waals surface area contributed by atoms with Crippen molar-refractivity contribution in [3.05, 3.63) is 23.3 Å². The van der Waals surface area contributed by atoms with Crippen molar-refractivity contribution >= 4 is 0 Å². The van der Waals surface area contributed by atoms with Crippen LogP contribution in [0.1, 0.15) is 11.1 Å². The molecule has 5 nitrogen and oxygen atoms in total. The smallest absolute Gasteiger partial charge is 0.231 e. The van der Waals surface area contributed by atoms with Gasteiger partial charge in [0, 0.05) is 12.6 Å². The highest BCUT2D eigenvalue weighted by molar-refractivity contribution is 5.48. The fourth-order valence-electron chi connectivity index (χ4n) is 1.93. The number of nitrogens with two attached hydrogens (primary N) is 1. The predicted molar refractivity (Wildman–Crippen MR) is 68.9 cm³/mol. The first-order chi connectivity index (χ1) is 8.70. The average Bonchev–Trinajstić information content (AvgIpc) is 2.81. The van der Waals surface area contributed by atoms with Crippen LogP contribution < -0.4 is 20.5 Å². The van der Waals surface area contributed by atoms with Gasteiger partial charge in [-0.15, -0.1) is 0 Å². The molecule has 1 aromatic rings. The number of nitrogens with one attached hydrogen (secondary N) is 1. The molecule has 0 amide bonds. The van der Waals surface area contributed by atoms with Crippen molar-refractivity contribution in [3.8, 4) is 11.5 Å². The molecule has 18 heavy (non-hydrogen) atoms. The van der Waals surface area contributed by atoms with Crippen LogP contribution in [0.2, 0.25) is 0 Å². The van der Waals surface area contributed by atoms with Gasteiger partial charge in [0.1, 0.15) is 0 Å². The first kappa shape index (κ1) is 13.1. The lowest BCUT2D eigenvalue weighted by molar-refractivity contribution is 0.174. The fraction of sp³-hybridized carbons (Fsp3) is 0.538. The molecule has 0 fully saturated rings. The lowest BCUT2D eigenvalue weighted by Crippen LogP contribution is -2.37. The van der Waals surface area contributed by atoms with Crippen LogP contribution in [-0.2, 0) is 6.42 Å². The number of aliphatic hydroxyl groups is 1. The van der Waals surface area contributed by atoms with E-state index < -0.39 is 0 Å². The second-order valence-electron chi connectivity index (χ2n) is 4.53. The average molecular weight is 252 g/mol. The van der Waals surface area contributed by atoms with Crippen LogP contribution in [0.5, 0.6) is 11.5 Å². The summed E-state index contributed by atoms with van der Waals surface area (Å²) < 4.78 is 10.7. The molecule has 0 saturated carbocycles. The van der Waals surface area contributed by atoms with E-state index in [9.17, 15) is 0 Å². The van der Waals surface area contributed by atoms with E-state index in [0.29, 0.717) is 13.3 Å². The van der Waals surface area contributed by atoms with E-state index in [2.05, 4.69) is 12.2 Å². The zero-order valence-corrected chi connectivity index (χ0v) is 10.6. The molecule has 1 aliphatic heterocycles. The minimum absolute atomic E-state index is 0.00997. The van der Waals surface area contributed by atoms with Gasteiger partial charge < -0.3 is 25.6 Å². The van der Waals surface area contributed by atoms with Gasteiger partial charge >= 0.3 is 0 Å². The molecule has 1 atom stereocenters. The Balaban J connectivity index is 1.86. The first-order valence-corrected chi connectivity index (χ1v) is 6.17. The van der Waals surface area contributed by atoms with Crippen molar-refractivity contribution in [2.24, 2.45) is 5.73 Å². The third-order valence-corrected chi connectivity index (χ3v) is 3.04. The van der Waals surface area contributed by atoms with Crippen molar-refractivity contribution < 1.29 is 14.6 Å². The monoisotopic (exact) mass is 252 g/mol. The molecule has 0 aliphatic carbocycles. The number of benzene rings is 1. The van der Waals surface area contributed by atoms with Gasteiger partial charge in [-0.3, -0.25) is 0 Å². The third-order valence-electron chi connectivity index (χ3n) is 3.04. The molecule has 0 aromatic heterocycles. The van der Waals surface area contributed by atoms with Crippen molar-refractivity contribution in [1.82, 2.24) is 5.32 Å². The molecule has 0 spiro atoms. The van der Waals surface area contributed by atoms with Crippen LogP contribution in [0.4, 0.5) is 0 Å². The zero-order valence-electron chi connectivity index (χ0n) is 10.6. The quantitative estimate of drug-likeness (QED) is 0.629. The van der Waals surface area contributed by atoms with E-state index >= 15 is 0 Å². The van der Waals surface area contributed by atoms with Gasteiger partial charge in [-0.25, -0.2) is 0 Å². The summed E-state index contributed by atoms with van der Waals surface area (Å²) in [4.78, 5) is 0. The summed E-state index contributed by atoms with van der Waals surface area (Å²) in [5.41, 5.74) is 8.05. The van der Waals surface area contributed by atoms with E-state index in [1.54, 1.807) is 0 Å². The SMILES string of the molecule is Cc1cc2c(cc1CCNCC(N)CO)OCO2. The summed E-state index contributed by atoms with van der Waals surface area (Å²) in [6, 6.07) is 3.85. The zero-order chi connectivity index (χ0) is 13.0. The molecular formula is C13H20N2O3. The lowest BCUT2D eigenvalue weighted by Gasteiger charge is -2.11. The highest BCUT2D eigenvalue weighted by atomic mass is 16.7. The number of ether oxygens (including phenoxy) is 2. The van der Waals surface area contributed by atoms with Crippen molar-refractivity contribution in [3.63, 3.8) is 0 Å². The first-order valence-electron chi connectivity index (χ1n) is 6.17. The standard InChI is InChI=1S/C13H20N2O3/c1-9-4-12-13(18-8-17-12)5-10(9)2-3-15-6-11(14)7-16/h4-5,11,15-16H,2-3,6-8,14H2,1H3. The molecule has 0 saturated heterocycles. The molecule has 1 aliphatic rings. The second-order valence-corrected chi connectivity index (χ2v) is 4.53. The Labute approximate surface area is 107 Å². The molecule has 0 bridgehead atoms. The van der Waals surface area contributed by atoms with Gasteiger partial charge in [-0.1, -0.05) is 0 Å². The fourth-order valence-corrected chi connectivity index (χ4v) is 1.93. The van der Waals surface area contributed by atoms with Crippen LogP contribution in [0, 0.1) is 6.92 Å². The minimum Gasteiger partial charge on any atom is -0.454 e. The molecular weight excluding hydrogens is 232 g/mol. The van der Waals surface area contributed by atoms with Crippen molar-refractivity contribution in [2.75, 3.05) is 26.5 Å². The van der Waals surface area contributed by atoms with Crippen LogP contribution in [0.3, 0.4) is 0 Å².